The van der Waals surface area contributed by atoms with E-state index in [-0.39, 0.29) is 11.9 Å². The minimum Gasteiger partial charge on any atom is -0.368 e. The van der Waals surface area contributed by atoms with Gasteiger partial charge in [-0.2, -0.15) is 0 Å². The molecule has 0 spiro atoms. The van der Waals surface area contributed by atoms with Gasteiger partial charge < -0.3 is 4.74 Å². The van der Waals surface area contributed by atoms with Crippen molar-refractivity contribution in [3.8, 4) is 0 Å². The lowest BCUT2D eigenvalue weighted by Crippen LogP contribution is -1.86. The van der Waals surface area contributed by atoms with E-state index >= 15 is 0 Å². The van der Waals surface area contributed by atoms with Crippen LogP contribution in [0.15, 0.2) is 22.7 Å². The molecule has 0 bridgehead atoms. The van der Waals surface area contributed by atoms with Crippen LogP contribution in [0.1, 0.15) is 11.7 Å². The highest BCUT2D eigenvalue weighted by Gasteiger charge is 2.27. The summed E-state index contributed by atoms with van der Waals surface area (Å²) in [7, 11) is 0. The third kappa shape index (κ3) is 1.44. The summed E-state index contributed by atoms with van der Waals surface area (Å²) in [5.74, 6) is -0.185. The van der Waals surface area contributed by atoms with Crippen LogP contribution in [-0.4, -0.2) is 6.61 Å². The van der Waals surface area contributed by atoms with E-state index in [2.05, 4.69) is 15.9 Å². The first-order chi connectivity index (χ1) is 5.27. The van der Waals surface area contributed by atoms with Crippen molar-refractivity contribution in [1.82, 2.24) is 0 Å². The van der Waals surface area contributed by atoms with Crippen molar-refractivity contribution in [3.63, 3.8) is 0 Å². The van der Waals surface area contributed by atoms with Gasteiger partial charge in [-0.25, -0.2) is 4.39 Å². The number of hydrogen-bond acceptors (Lipinski definition) is 1. The summed E-state index contributed by atoms with van der Waals surface area (Å²) in [6, 6.07) is 4.88. The van der Waals surface area contributed by atoms with E-state index in [1.807, 2.05) is 0 Å². The highest BCUT2D eigenvalue weighted by Crippen LogP contribution is 2.32. The van der Waals surface area contributed by atoms with E-state index in [0.717, 1.165) is 4.47 Å². The van der Waals surface area contributed by atoms with E-state index < -0.39 is 0 Å². The molecule has 1 aromatic carbocycles. The predicted octanol–water partition coefficient (Wildman–Crippen LogP) is 2.66. The molecular formula is C8H6BrFO. The Hall–Kier alpha value is -0.410. The van der Waals surface area contributed by atoms with E-state index in [4.69, 9.17) is 4.74 Å². The first-order valence-electron chi connectivity index (χ1n) is 3.34. The molecule has 1 aliphatic rings. The molecule has 0 aliphatic carbocycles. The minimum absolute atomic E-state index is 0.00694. The predicted molar refractivity (Wildman–Crippen MR) is 42.8 cm³/mol. The summed E-state index contributed by atoms with van der Waals surface area (Å²) >= 11 is 3.27. The highest BCUT2D eigenvalue weighted by molar-refractivity contribution is 9.10. The Labute approximate surface area is 72.3 Å². The molecule has 1 aliphatic heterocycles. The molecule has 0 radical (unpaired) electrons. The average Bonchev–Trinajstić information content (AvgIpc) is 2.76. The van der Waals surface area contributed by atoms with Crippen molar-refractivity contribution < 1.29 is 9.13 Å². The summed E-state index contributed by atoms with van der Waals surface area (Å²) < 4.78 is 18.8. The fourth-order valence-corrected chi connectivity index (χ4v) is 1.37. The van der Waals surface area contributed by atoms with Crippen LogP contribution < -0.4 is 0 Å². The maximum atomic E-state index is 13.0. The van der Waals surface area contributed by atoms with Crippen LogP contribution in [0, 0.1) is 5.82 Å². The molecule has 0 aromatic heterocycles. The Balaban J connectivity index is 2.42. The summed E-state index contributed by atoms with van der Waals surface area (Å²) in [6.45, 7) is 0.646. The molecule has 1 atom stereocenters. The molecule has 0 amide bonds. The molecule has 2 rings (SSSR count). The maximum absolute atomic E-state index is 13.0. The van der Waals surface area contributed by atoms with Gasteiger partial charge in [0.05, 0.1) is 6.61 Å². The molecule has 1 nitrogen and oxygen atoms in total. The zero-order valence-corrected chi connectivity index (χ0v) is 7.27. The number of halogens is 2. The Bertz CT molecular complexity index is 283. The molecule has 58 valence electrons. The van der Waals surface area contributed by atoms with Crippen molar-refractivity contribution >= 4 is 15.9 Å². The molecule has 1 aromatic rings. The lowest BCUT2D eigenvalue weighted by atomic mass is 10.1. The van der Waals surface area contributed by atoms with Gasteiger partial charge in [0.2, 0.25) is 0 Å². The third-order valence-electron chi connectivity index (χ3n) is 1.64. The summed E-state index contributed by atoms with van der Waals surface area (Å²) in [4.78, 5) is 0. The van der Waals surface area contributed by atoms with Gasteiger partial charge in [0, 0.05) is 10.0 Å². The van der Waals surface area contributed by atoms with Crippen LogP contribution in [0.25, 0.3) is 0 Å². The number of epoxide rings is 1. The van der Waals surface area contributed by atoms with Crippen LogP contribution in [0.2, 0.25) is 0 Å². The van der Waals surface area contributed by atoms with E-state index in [9.17, 15) is 4.39 Å². The first kappa shape index (κ1) is 7.25. The van der Waals surface area contributed by atoms with Crippen molar-refractivity contribution in [3.05, 3.63) is 34.1 Å². The zero-order chi connectivity index (χ0) is 7.84. The number of hydrogen-bond donors (Lipinski definition) is 0. The van der Waals surface area contributed by atoms with Crippen molar-refractivity contribution in [2.24, 2.45) is 0 Å². The Morgan fingerprint density at radius 1 is 1.55 bits per heavy atom. The standard InChI is InChI=1S/C8H6BrFO/c9-5-1-2-7(10)6(3-5)8-4-11-8/h1-3,8H,4H2/t8-/m0/s1. The topological polar surface area (TPSA) is 12.5 Å². The average molecular weight is 217 g/mol. The Kier molecular flexibility index (Phi) is 1.69. The molecule has 11 heavy (non-hydrogen) atoms. The monoisotopic (exact) mass is 216 g/mol. The normalized spacial score (nSPS) is 21.8. The highest BCUT2D eigenvalue weighted by atomic mass is 79.9. The van der Waals surface area contributed by atoms with Crippen molar-refractivity contribution in [2.75, 3.05) is 6.61 Å². The fourth-order valence-electron chi connectivity index (χ4n) is 0.989. The van der Waals surface area contributed by atoms with Crippen molar-refractivity contribution in [1.29, 1.82) is 0 Å². The van der Waals surface area contributed by atoms with Gasteiger partial charge in [0.25, 0.3) is 0 Å². The molecule has 3 heteroatoms. The van der Waals surface area contributed by atoms with Crippen LogP contribution in [-0.2, 0) is 4.74 Å². The fraction of sp³-hybridized carbons (Fsp3) is 0.250. The molecule has 0 saturated carbocycles. The summed E-state index contributed by atoms with van der Waals surface area (Å²) in [5, 5.41) is 0. The van der Waals surface area contributed by atoms with Crippen LogP contribution in [0.5, 0.6) is 0 Å². The lowest BCUT2D eigenvalue weighted by Gasteiger charge is -1.97. The quantitative estimate of drug-likeness (QED) is 0.658. The molecule has 1 fully saturated rings. The zero-order valence-electron chi connectivity index (χ0n) is 5.68. The van der Waals surface area contributed by atoms with Crippen LogP contribution in [0.3, 0.4) is 0 Å². The van der Waals surface area contributed by atoms with E-state index in [1.165, 1.54) is 6.07 Å². The number of rotatable bonds is 1. The summed E-state index contributed by atoms with van der Waals surface area (Å²) in [5.41, 5.74) is 0.652. The van der Waals surface area contributed by atoms with E-state index in [0.29, 0.717) is 12.2 Å². The third-order valence-corrected chi connectivity index (χ3v) is 2.13. The van der Waals surface area contributed by atoms with Gasteiger partial charge in [-0.05, 0) is 18.2 Å². The van der Waals surface area contributed by atoms with Gasteiger partial charge in [-0.3, -0.25) is 0 Å². The van der Waals surface area contributed by atoms with E-state index in [1.54, 1.807) is 12.1 Å². The number of benzene rings is 1. The van der Waals surface area contributed by atoms with Gasteiger partial charge in [-0.15, -0.1) is 0 Å². The van der Waals surface area contributed by atoms with Crippen molar-refractivity contribution in [2.45, 2.75) is 6.10 Å². The lowest BCUT2D eigenvalue weighted by molar-refractivity contribution is 0.408. The molecule has 1 heterocycles. The number of ether oxygens (including phenoxy) is 1. The molecule has 1 saturated heterocycles. The van der Waals surface area contributed by atoms with Crippen LogP contribution in [0.4, 0.5) is 4.39 Å². The maximum Gasteiger partial charge on any atom is 0.129 e. The second-order valence-electron chi connectivity index (χ2n) is 2.49. The molecular weight excluding hydrogens is 211 g/mol. The van der Waals surface area contributed by atoms with Gasteiger partial charge in [-0.1, -0.05) is 15.9 Å². The smallest absolute Gasteiger partial charge is 0.129 e. The SMILES string of the molecule is Fc1ccc(Br)cc1[C@@H]1CO1. The Morgan fingerprint density at radius 3 is 2.91 bits per heavy atom. The largest absolute Gasteiger partial charge is 0.368 e. The van der Waals surface area contributed by atoms with Crippen LogP contribution >= 0.6 is 15.9 Å². The Morgan fingerprint density at radius 2 is 2.27 bits per heavy atom. The second-order valence-corrected chi connectivity index (χ2v) is 3.40. The second kappa shape index (κ2) is 2.57. The first-order valence-corrected chi connectivity index (χ1v) is 4.13. The van der Waals surface area contributed by atoms with Gasteiger partial charge in [0.15, 0.2) is 0 Å². The molecule has 0 unspecified atom stereocenters. The summed E-state index contributed by atoms with van der Waals surface area (Å²) in [6.07, 6.45) is -0.00694. The van der Waals surface area contributed by atoms with Gasteiger partial charge in [0.1, 0.15) is 11.9 Å². The van der Waals surface area contributed by atoms with Gasteiger partial charge >= 0.3 is 0 Å². The molecule has 0 N–H and O–H groups in total. The minimum atomic E-state index is -0.185.